The first-order valence-corrected chi connectivity index (χ1v) is 10.4. The van der Waals surface area contributed by atoms with Gasteiger partial charge in [-0.2, -0.15) is 0 Å². The Morgan fingerprint density at radius 1 is 1.00 bits per heavy atom. The van der Waals surface area contributed by atoms with Crippen LogP contribution in [0, 0.1) is 0 Å². The molecule has 2 aromatic carbocycles. The molecule has 1 N–H and O–H groups in total. The molecular weight excluding hydrogens is 412 g/mol. The Labute approximate surface area is 187 Å². The lowest BCUT2D eigenvalue weighted by molar-refractivity contribution is -0.138. The first kappa shape index (κ1) is 23.1. The van der Waals surface area contributed by atoms with Crippen LogP contribution in [0.4, 0.5) is 0 Å². The van der Waals surface area contributed by atoms with Gasteiger partial charge in [0.1, 0.15) is 6.04 Å². The fraction of sp³-hybridized carbons (Fsp3) is 0.375. The Morgan fingerprint density at radius 2 is 1.62 bits per heavy atom. The highest BCUT2D eigenvalue weighted by Gasteiger charge is 2.38. The summed E-state index contributed by atoms with van der Waals surface area (Å²) in [5, 5.41) is 2.87. The molecule has 1 aliphatic rings. The van der Waals surface area contributed by atoms with Crippen LogP contribution in [-0.4, -0.2) is 56.4 Å². The fourth-order valence-electron chi connectivity index (χ4n) is 3.90. The number of hydrogen-bond donors (Lipinski definition) is 1. The molecule has 1 heterocycles. The maximum atomic E-state index is 13.3. The van der Waals surface area contributed by atoms with Gasteiger partial charge in [0.25, 0.3) is 11.7 Å². The maximum Gasteiger partial charge on any atom is 0.295 e. The van der Waals surface area contributed by atoms with Gasteiger partial charge in [-0.1, -0.05) is 24.3 Å². The normalized spacial score (nSPS) is 15.1. The second-order valence-electron chi connectivity index (χ2n) is 7.76. The van der Waals surface area contributed by atoms with Crippen LogP contribution < -0.4 is 19.5 Å². The highest BCUT2D eigenvalue weighted by atomic mass is 16.5. The summed E-state index contributed by atoms with van der Waals surface area (Å²) in [6, 6.07) is 9.35. The minimum absolute atomic E-state index is 0.0892. The topological polar surface area (TPSA) is 94.2 Å². The van der Waals surface area contributed by atoms with Crippen molar-refractivity contribution >= 4 is 17.6 Å². The third kappa shape index (κ3) is 4.39. The number of Topliss-reactive ketones (excluding diaryl/α,β-unsaturated/α-hetero) is 1. The van der Waals surface area contributed by atoms with Crippen LogP contribution in [0.15, 0.2) is 36.4 Å². The smallest absolute Gasteiger partial charge is 0.295 e. The Kier molecular flexibility index (Phi) is 7.02. The SMILES string of the molecule is COc1cc(C(=O)C(=O)N2CCc3ccccc3[C@H]2C(=O)NC(C)C)cc(OC)c1OC. The van der Waals surface area contributed by atoms with Gasteiger partial charge in [0.05, 0.1) is 21.3 Å². The van der Waals surface area contributed by atoms with Crippen LogP contribution in [0.5, 0.6) is 17.2 Å². The number of methoxy groups -OCH3 is 3. The molecule has 0 aromatic heterocycles. The van der Waals surface area contributed by atoms with Crippen LogP contribution in [0.3, 0.4) is 0 Å². The summed E-state index contributed by atoms with van der Waals surface area (Å²) < 4.78 is 15.9. The highest BCUT2D eigenvalue weighted by Crippen LogP contribution is 2.39. The van der Waals surface area contributed by atoms with E-state index in [0.29, 0.717) is 12.2 Å². The van der Waals surface area contributed by atoms with Crippen molar-refractivity contribution in [3.63, 3.8) is 0 Å². The summed E-state index contributed by atoms with van der Waals surface area (Å²) in [5.74, 6) is -0.996. The lowest BCUT2D eigenvalue weighted by Gasteiger charge is -2.36. The third-order valence-electron chi connectivity index (χ3n) is 5.34. The van der Waals surface area contributed by atoms with E-state index in [0.717, 1.165) is 11.1 Å². The van der Waals surface area contributed by atoms with Gasteiger partial charge in [0.2, 0.25) is 11.7 Å². The largest absolute Gasteiger partial charge is 0.493 e. The number of fused-ring (bicyclic) bond motifs is 1. The standard InChI is InChI=1S/C24H28N2O6/c1-14(2)25-23(28)20-17-9-7-6-8-15(17)10-11-26(20)24(29)21(27)16-12-18(30-3)22(32-5)19(13-16)31-4/h6-9,12-14,20H,10-11H2,1-5H3,(H,25,28)/t20-/m0/s1. The van der Waals surface area contributed by atoms with E-state index in [4.69, 9.17) is 14.2 Å². The number of carbonyl (C=O) groups excluding carboxylic acids is 3. The van der Waals surface area contributed by atoms with Crippen molar-refractivity contribution in [3.05, 3.63) is 53.1 Å². The number of nitrogens with one attached hydrogen (secondary N) is 1. The Balaban J connectivity index is 2.00. The van der Waals surface area contributed by atoms with E-state index in [-0.39, 0.29) is 35.6 Å². The number of carbonyl (C=O) groups is 3. The quantitative estimate of drug-likeness (QED) is 0.525. The first-order chi connectivity index (χ1) is 15.3. The van der Waals surface area contributed by atoms with Crippen molar-refractivity contribution in [2.45, 2.75) is 32.4 Å². The highest BCUT2D eigenvalue weighted by molar-refractivity contribution is 6.43. The zero-order chi connectivity index (χ0) is 23.4. The molecule has 0 fully saturated rings. The van der Waals surface area contributed by atoms with Crippen LogP contribution in [0.2, 0.25) is 0 Å². The molecule has 0 bridgehead atoms. The molecule has 0 unspecified atom stereocenters. The van der Waals surface area contributed by atoms with Crippen molar-refractivity contribution in [1.82, 2.24) is 10.2 Å². The molecule has 2 aromatic rings. The van der Waals surface area contributed by atoms with Crippen LogP contribution >= 0.6 is 0 Å². The molecule has 0 spiro atoms. The number of hydrogen-bond acceptors (Lipinski definition) is 6. The minimum Gasteiger partial charge on any atom is -0.493 e. The van der Waals surface area contributed by atoms with Crippen LogP contribution in [0.25, 0.3) is 0 Å². The van der Waals surface area contributed by atoms with Crippen molar-refractivity contribution in [3.8, 4) is 17.2 Å². The molecule has 8 heteroatoms. The van der Waals surface area contributed by atoms with Crippen LogP contribution in [0.1, 0.15) is 41.4 Å². The van der Waals surface area contributed by atoms with Crippen molar-refractivity contribution in [2.75, 3.05) is 27.9 Å². The molecule has 0 aliphatic carbocycles. The van der Waals surface area contributed by atoms with Crippen molar-refractivity contribution < 1.29 is 28.6 Å². The molecule has 0 saturated heterocycles. The molecule has 0 saturated carbocycles. The van der Waals surface area contributed by atoms with E-state index in [9.17, 15) is 14.4 Å². The Morgan fingerprint density at radius 3 is 2.19 bits per heavy atom. The second-order valence-corrected chi connectivity index (χ2v) is 7.76. The average molecular weight is 440 g/mol. The Hall–Kier alpha value is -3.55. The van der Waals surface area contributed by atoms with Crippen LogP contribution in [-0.2, 0) is 16.0 Å². The van der Waals surface area contributed by atoms with Gasteiger partial charge in [-0.15, -0.1) is 0 Å². The van der Waals surface area contributed by atoms with Gasteiger partial charge in [0.15, 0.2) is 11.5 Å². The number of rotatable bonds is 7. The predicted molar refractivity (Wildman–Crippen MR) is 118 cm³/mol. The molecule has 170 valence electrons. The lowest BCUT2D eigenvalue weighted by Crippen LogP contribution is -2.50. The van der Waals surface area contributed by atoms with E-state index >= 15 is 0 Å². The van der Waals surface area contributed by atoms with Gasteiger partial charge in [-0.25, -0.2) is 0 Å². The van der Waals surface area contributed by atoms with Gasteiger partial charge in [-0.05, 0) is 43.5 Å². The number of nitrogens with zero attached hydrogens (tertiary/aromatic N) is 1. The van der Waals surface area contributed by atoms with E-state index in [1.165, 1.54) is 38.4 Å². The summed E-state index contributed by atoms with van der Waals surface area (Å²) in [6.07, 6.45) is 0.551. The van der Waals surface area contributed by atoms with E-state index in [1.807, 2.05) is 38.1 Å². The number of amides is 2. The molecular formula is C24H28N2O6. The molecule has 8 nitrogen and oxygen atoms in total. The Bertz CT molecular complexity index is 1010. The van der Waals surface area contributed by atoms with E-state index < -0.39 is 17.7 Å². The minimum atomic E-state index is -0.888. The number of ketones is 1. The number of benzene rings is 2. The molecule has 1 aliphatic heterocycles. The fourth-order valence-corrected chi connectivity index (χ4v) is 3.90. The lowest BCUT2D eigenvalue weighted by atomic mass is 9.91. The maximum absolute atomic E-state index is 13.3. The van der Waals surface area contributed by atoms with Crippen molar-refractivity contribution in [1.29, 1.82) is 0 Å². The monoisotopic (exact) mass is 440 g/mol. The van der Waals surface area contributed by atoms with Gasteiger partial charge >= 0.3 is 0 Å². The van der Waals surface area contributed by atoms with Gasteiger partial charge < -0.3 is 24.4 Å². The molecule has 1 atom stereocenters. The second kappa shape index (κ2) is 9.72. The molecule has 0 radical (unpaired) electrons. The summed E-state index contributed by atoms with van der Waals surface area (Å²) in [6.45, 7) is 3.95. The van der Waals surface area contributed by atoms with Gasteiger partial charge in [-0.3, -0.25) is 14.4 Å². The summed E-state index contributed by atoms with van der Waals surface area (Å²) in [7, 11) is 4.32. The summed E-state index contributed by atoms with van der Waals surface area (Å²) >= 11 is 0. The summed E-state index contributed by atoms with van der Waals surface area (Å²) in [5.41, 5.74) is 1.80. The zero-order valence-corrected chi connectivity index (χ0v) is 18.9. The van der Waals surface area contributed by atoms with Gasteiger partial charge in [0, 0.05) is 18.2 Å². The molecule has 32 heavy (non-hydrogen) atoms. The third-order valence-corrected chi connectivity index (χ3v) is 5.34. The predicted octanol–water partition coefficient (Wildman–Crippen LogP) is 2.55. The summed E-state index contributed by atoms with van der Waals surface area (Å²) in [4.78, 5) is 40.9. The first-order valence-electron chi connectivity index (χ1n) is 10.4. The molecule has 3 rings (SSSR count). The van der Waals surface area contributed by atoms with E-state index in [1.54, 1.807) is 0 Å². The molecule has 2 amide bonds. The number of ether oxygens (including phenoxy) is 3. The average Bonchev–Trinajstić information content (AvgIpc) is 2.80. The van der Waals surface area contributed by atoms with E-state index in [2.05, 4.69) is 5.32 Å². The van der Waals surface area contributed by atoms with Crippen molar-refractivity contribution in [2.24, 2.45) is 0 Å². The zero-order valence-electron chi connectivity index (χ0n) is 18.9.